The Bertz CT molecular complexity index is 533. The van der Waals surface area contributed by atoms with Crippen molar-refractivity contribution in [1.29, 1.82) is 0 Å². The summed E-state index contributed by atoms with van der Waals surface area (Å²) < 4.78 is 0. The SMILES string of the molecule is C=CCNc1ccccc1C(=O)NCCCN1CCCCC1CO. The van der Waals surface area contributed by atoms with E-state index in [9.17, 15) is 9.90 Å². The third kappa shape index (κ3) is 5.35. The molecule has 1 aliphatic rings. The minimum Gasteiger partial charge on any atom is -0.395 e. The minimum atomic E-state index is -0.0560. The topological polar surface area (TPSA) is 64.6 Å². The summed E-state index contributed by atoms with van der Waals surface area (Å²) in [7, 11) is 0. The normalized spacial score (nSPS) is 18.1. The standard InChI is InChI=1S/C19H29N3O2/c1-2-11-20-18-10-4-3-9-17(18)19(24)21-12-7-14-22-13-6-5-8-16(22)15-23/h2-4,9-10,16,20,23H,1,5-8,11-15H2,(H,21,24). The zero-order valence-electron chi connectivity index (χ0n) is 14.3. The van der Waals surface area contributed by atoms with Gasteiger partial charge in [0.1, 0.15) is 0 Å². The molecule has 1 aromatic rings. The lowest BCUT2D eigenvalue weighted by Gasteiger charge is -2.34. The fraction of sp³-hybridized carbons (Fsp3) is 0.526. The van der Waals surface area contributed by atoms with Crippen LogP contribution in [0.2, 0.25) is 0 Å². The molecule has 1 aliphatic heterocycles. The number of likely N-dealkylation sites (tertiary alicyclic amines) is 1. The summed E-state index contributed by atoms with van der Waals surface area (Å²) >= 11 is 0. The lowest BCUT2D eigenvalue weighted by Crippen LogP contribution is -2.43. The number of anilines is 1. The van der Waals surface area contributed by atoms with Gasteiger partial charge in [0.15, 0.2) is 0 Å². The van der Waals surface area contributed by atoms with E-state index in [1.54, 1.807) is 6.08 Å². The van der Waals surface area contributed by atoms with Crippen LogP contribution in [0.5, 0.6) is 0 Å². The van der Waals surface area contributed by atoms with Crippen molar-refractivity contribution < 1.29 is 9.90 Å². The molecule has 0 radical (unpaired) electrons. The maximum absolute atomic E-state index is 12.4. The molecule has 2 rings (SSSR count). The van der Waals surface area contributed by atoms with Gasteiger partial charge in [-0.2, -0.15) is 0 Å². The van der Waals surface area contributed by atoms with Crippen LogP contribution in [-0.2, 0) is 0 Å². The Morgan fingerprint density at radius 1 is 1.38 bits per heavy atom. The molecular weight excluding hydrogens is 302 g/mol. The van der Waals surface area contributed by atoms with Gasteiger partial charge in [0.05, 0.1) is 12.2 Å². The Morgan fingerprint density at radius 3 is 3.00 bits per heavy atom. The first-order valence-electron chi connectivity index (χ1n) is 8.83. The number of carbonyl (C=O) groups is 1. The summed E-state index contributed by atoms with van der Waals surface area (Å²) in [6.45, 7) is 7.15. The molecule has 24 heavy (non-hydrogen) atoms. The van der Waals surface area contributed by atoms with Crippen LogP contribution in [0.15, 0.2) is 36.9 Å². The highest BCUT2D eigenvalue weighted by Crippen LogP contribution is 2.17. The highest BCUT2D eigenvalue weighted by Gasteiger charge is 2.20. The molecule has 0 bridgehead atoms. The predicted molar refractivity (Wildman–Crippen MR) is 98.4 cm³/mol. The third-order valence-electron chi connectivity index (χ3n) is 4.48. The van der Waals surface area contributed by atoms with Crippen molar-refractivity contribution in [3.63, 3.8) is 0 Å². The number of hydrogen-bond acceptors (Lipinski definition) is 4. The third-order valence-corrected chi connectivity index (χ3v) is 4.48. The molecule has 3 N–H and O–H groups in total. The monoisotopic (exact) mass is 331 g/mol. The first-order chi connectivity index (χ1) is 11.8. The van der Waals surface area contributed by atoms with Crippen molar-refractivity contribution in [3.8, 4) is 0 Å². The predicted octanol–water partition coefficient (Wildman–Crippen LogP) is 2.25. The van der Waals surface area contributed by atoms with Gasteiger partial charge in [-0.3, -0.25) is 9.69 Å². The maximum Gasteiger partial charge on any atom is 0.253 e. The second-order valence-corrected chi connectivity index (χ2v) is 6.19. The first-order valence-corrected chi connectivity index (χ1v) is 8.83. The van der Waals surface area contributed by atoms with E-state index in [4.69, 9.17) is 0 Å². The van der Waals surface area contributed by atoms with Gasteiger partial charge in [0.2, 0.25) is 0 Å². The molecule has 5 nitrogen and oxygen atoms in total. The van der Waals surface area contributed by atoms with E-state index >= 15 is 0 Å². The molecule has 1 fully saturated rings. The molecule has 5 heteroatoms. The van der Waals surface area contributed by atoms with Gasteiger partial charge in [-0.1, -0.05) is 24.6 Å². The molecule has 0 spiro atoms. The molecule has 1 atom stereocenters. The lowest BCUT2D eigenvalue weighted by molar-refractivity contribution is 0.0868. The van der Waals surface area contributed by atoms with Gasteiger partial charge in [-0.15, -0.1) is 6.58 Å². The van der Waals surface area contributed by atoms with Crippen LogP contribution in [0.25, 0.3) is 0 Å². The van der Waals surface area contributed by atoms with Gasteiger partial charge < -0.3 is 15.7 Å². The molecule has 1 unspecified atom stereocenters. The van der Waals surface area contributed by atoms with Crippen LogP contribution in [0, 0.1) is 0 Å². The maximum atomic E-state index is 12.4. The lowest BCUT2D eigenvalue weighted by atomic mass is 10.0. The fourth-order valence-electron chi connectivity index (χ4n) is 3.16. The Hall–Kier alpha value is -1.85. The number of carbonyl (C=O) groups excluding carboxylic acids is 1. The van der Waals surface area contributed by atoms with Crippen molar-refractivity contribution in [3.05, 3.63) is 42.5 Å². The van der Waals surface area contributed by atoms with Gasteiger partial charge >= 0.3 is 0 Å². The Labute approximate surface area is 144 Å². The van der Waals surface area contributed by atoms with Crippen LogP contribution in [-0.4, -0.2) is 54.7 Å². The molecule has 1 amide bonds. The number of para-hydroxylation sites is 1. The number of aliphatic hydroxyl groups excluding tert-OH is 1. The minimum absolute atomic E-state index is 0.0560. The van der Waals surface area contributed by atoms with Crippen molar-refractivity contribution >= 4 is 11.6 Å². The first kappa shape index (κ1) is 18.5. The molecule has 1 saturated heterocycles. The number of benzene rings is 1. The van der Waals surface area contributed by atoms with E-state index in [1.807, 2.05) is 24.3 Å². The van der Waals surface area contributed by atoms with Crippen LogP contribution in [0.4, 0.5) is 5.69 Å². The highest BCUT2D eigenvalue weighted by molar-refractivity contribution is 5.99. The van der Waals surface area contributed by atoms with Crippen molar-refractivity contribution in [2.45, 2.75) is 31.7 Å². The average molecular weight is 331 g/mol. The van der Waals surface area contributed by atoms with Gasteiger partial charge in [0.25, 0.3) is 5.91 Å². The second kappa shape index (κ2) is 10.1. The quantitative estimate of drug-likeness (QED) is 0.480. The van der Waals surface area contributed by atoms with Crippen molar-refractivity contribution in [2.75, 3.05) is 38.1 Å². The van der Waals surface area contributed by atoms with E-state index in [0.29, 0.717) is 24.7 Å². The fourth-order valence-corrected chi connectivity index (χ4v) is 3.16. The number of amides is 1. The van der Waals surface area contributed by atoms with Crippen molar-refractivity contribution in [1.82, 2.24) is 10.2 Å². The number of nitrogens with one attached hydrogen (secondary N) is 2. The van der Waals surface area contributed by atoms with Gasteiger partial charge in [0, 0.05) is 31.4 Å². The molecule has 0 saturated carbocycles. The molecule has 1 aromatic carbocycles. The average Bonchev–Trinajstić information content (AvgIpc) is 2.63. The summed E-state index contributed by atoms with van der Waals surface area (Å²) in [4.78, 5) is 14.7. The summed E-state index contributed by atoms with van der Waals surface area (Å²) in [5.41, 5.74) is 1.48. The summed E-state index contributed by atoms with van der Waals surface area (Å²) in [6, 6.07) is 7.80. The van der Waals surface area contributed by atoms with E-state index in [-0.39, 0.29) is 12.5 Å². The van der Waals surface area contributed by atoms with Gasteiger partial charge in [-0.25, -0.2) is 0 Å². The Balaban J connectivity index is 1.78. The molecule has 1 heterocycles. The van der Waals surface area contributed by atoms with Crippen LogP contribution < -0.4 is 10.6 Å². The summed E-state index contributed by atoms with van der Waals surface area (Å²) in [6.07, 6.45) is 6.14. The number of rotatable bonds is 9. The van der Waals surface area contributed by atoms with Gasteiger partial charge in [-0.05, 0) is 37.9 Å². The second-order valence-electron chi connectivity index (χ2n) is 6.19. The number of aliphatic hydroxyl groups is 1. The van der Waals surface area contributed by atoms with E-state index in [0.717, 1.165) is 31.6 Å². The smallest absolute Gasteiger partial charge is 0.253 e. The van der Waals surface area contributed by atoms with Crippen LogP contribution in [0.3, 0.4) is 0 Å². The van der Waals surface area contributed by atoms with E-state index in [2.05, 4.69) is 22.1 Å². The van der Waals surface area contributed by atoms with E-state index < -0.39 is 0 Å². The molecular formula is C19H29N3O2. The number of hydrogen-bond donors (Lipinski definition) is 3. The number of nitrogens with zero attached hydrogens (tertiary/aromatic N) is 1. The Morgan fingerprint density at radius 2 is 2.21 bits per heavy atom. The largest absolute Gasteiger partial charge is 0.395 e. The number of piperidine rings is 1. The summed E-state index contributed by atoms with van der Waals surface area (Å²) in [5.74, 6) is -0.0560. The van der Waals surface area contributed by atoms with E-state index in [1.165, 1.54) is 12.8 Å². The zero-order valence-corrected chi connectivity index (χ0v) is 14.3. The Kier molecular flexibility index (Phi) is 7.79. The molecule has 0 aliphatic carbocycles. The zero-order chi connectivity index (χ0) is 17.2. The van der Waals surface area contributed by atoms with Crippen LogP contribution >= 0.6 is 0 Å². The van der Waals surface area contributed by atoms with Crippen molar-refractivity contribution in [2.24, 2.45) is 0 Å². The molecule has 0 aromatic heterocycles. The molecule has 132 valence electrons. The summed E-state index contributed by atoms with van der Waals surface area (Å²) in [5, 5.41) is 15.6. The highest BCUT2D eigenvalue weighted by atomic mass is 16.3. The van der Waals surface area contributed by atoms with Crippen LogP contribution in [0.1, 0.15) is 36.0 Å².